The summed E-state index contributed by atoms with van der Waals surface area (Å²) in [6.07, 6.45) is 4.16. The summed E-state index contributed by atoms with van der Waals surface area (Å²) in [4.78, 5) is 90.5. The number of pyridine rings is 1. The third-order valence-electron chi connectivity index (χ3n) is 12.9. The first-order valence-corrected chi connectivity index (χ1v) is 23.0. The minimum absolute atomic E-state index is 0.0329. The van der Waals surface area contributed by atoms with Crippen LogP contribution in [-0.4, -0.2) is 125 Å². The number of aromatic nitrogens is 2. The van der Waals surface area contributed by atoms with Crippen LogP contribution in [0.2, 0.25) is 0 Å². The van der Waals surface area contributed by atoms with Crippen LogP contribution in [0, 0.1) is 17.6 Å². The van der Waals surface area contributed by atoms with Crippen molar-refractivity contribution in [3.63, 3.8) is 0 Å². The number of amides is 5. The average molecular weight is 922 g/mol. The molecule has 4 aliphatic rings. The van der Waals surface area contributed by atoms with Crippen molar-refractivity contribution in [2.75, 3.05) is 49.8 Å². The first-order chi connectivity index (χ1) is 31.6. The third-order valence-corrected chi connectivity index (χ3v) is 14.4. The molecule has 2 saturated heterocycles. The predicted molar refractivity (Wildman–Crippen MR) is 237 cm³/mol. The molecule has 0 radical (unpaired) electrons. The van der Waals surface area contributed by atoms with Gasteiger partial charge in [-0.05, 0) is 60.7 Å². The number of H-pyrrole nitrogens is 1. The zero-order valence-electron chi connectivity index (χ0n) is 35.9. The average Bonchev–Trinajstić information content (AvgIpc) is 3.83. The van der Waals surface area contributed by atoms with Gasteiger partial charge in [0.15, 0.2) is 5.82 Å². The van der Waals surface area contributed by atoms with Crippen LogP contribution in [0.25, 0.3) is 22.2 Å². The molecule has 20 heteroatoms. The lowest BCUT2D eigenvalue weighted by molar-refractivity contribution is -0.140. The van der Waals surface area contributed by atoms with Crippen LogP contribution >= 0.6 is 0 Å². The highest BCUT2D eigenvalue weighted by molar-refractivity contribution is 7.90. The first-order valence-electron chi connectivity index (χ1n) is 21.6. The van der Waals surface area contributed by atoms with Gasteiger partial charge in [-0.15, -0.1) is 0 Å². The number of piperazine rings is 1. The van der Waals surface area contributed by atoms with Gasteiger partial charge >= 0.3 is 10.2 Å². The van der Waals surface area contributed by atoms with E-state index in [9.17, 15) is 37.2 Å². The number of nitrogens with zero attached hydrogens (tertiary/aromatic N) is 5. The van der Waals surface area contributed by atoms with Crippen LogP contribution in [0.1, 0.15) is 74.8 Å². The molecular weight excluding hydrogens is 877 g/mol. The molecule has 3 aromatic carbocycles. The van der Waals surface area contributed by atoms with Gasteiger partial charge in [-0.25, -0.2) is 13.8 Å². The maximum Gasteiger partial charge on any atom is 0.301 e. The summed E-state index contributed by atoms with van der Waals surface area (Å²) >= 11 is 0. The van der Waals surface area contributed by atoms with Crippen molar-refractivity contribution < 1.29 is 46.0 Å². The van der Waals surface area contributed by atoms with Gasteiger partial charge < -0.3 is 15.2 Å². The maximum atomic E-state index is 15.6. The SMILES string of the molecule is CCN(C)S(=O)(=O)Nc1ccc(F)c(C(=O)c2c[nH]c3ncc(-c4ccc(CN5CCN(C(=O)C6CC(Nc7cccc8c7C(=O)N(C7CCC(=O)NC7=O)C8=O)C6)CC5)cc4)cc23)c1F. The van der Waals surface area contributed by atoms with Gasteiger partial charge in [-0.3, -0.25) is 48.6 Å². The first kappa shape index (κ1) is 44.3. The molecule has 9 rings (SSSR count). The summed E-state index contributed by atoms with van der Waals surface area (Å²) in [5.41, 5.74) is 2.14. The van der Waals surface area contributed by atoms with Crippen molar-refractivity contribution in [1.29, 1.82) is 0 Å². The second-order valence-electron chi connectivity index (χ2n) is 16.9. The third kappa shape index (κ3) is 8.19. The fraction of sp³-hybridized carbons (Fsp3) is 0.326. The molecule has 1 atom stereocenters. The molecule has 342 valence electrons. The highest BCUT2D eigenvalue weighted by Crippen LogP contribution is 2.37. The van der Waals surface area contributed by atoms with Crippen molar-refractivity contribution in [3.8, 4) is 11.1 Å². The van der Waals surface area contributed by atoms with Crippen LogP contribution in [-0.2, 0) is 31.1 Å². The standard InChI is InChI=1S/C46H45F2N9O8S/c1-3-54(2)66(64,65)53-35-12-11-33(47)39(40(35)48)41(59)32-23-50-42-31(32)21-28(22-49-42)26-9-7-25(8-10-26)24-55-15-17-56(18-16-55)44(61)27-19-29(20-27)51-34-6-4-5-30-38(34)46(63)57(45(30)62)36-13-14-37(58)52-43(36)60/h4-12,21-23,27,29,36,51,53H,3,13-20,24H2,1-2H3,(H,49,50)(H,52,58,60). The van der Waals surface area contributed by atoms with E-state index in [-0.39, 0.29) is 53.9 Å². The number of piperidine rings is 1. The molecule has 3 aliphatic heterocycles. The molecule has 5 heterocycles. The van der Waals surface area contributed by atoms with E-state index in [1.54, 1.807) is 37.4 Å². The van der Waals surface area contributed by atoms with Gasteiger partial charge in [0.1, 0.15) is 17.5 Å². The molecule has 0 spiro atoms. The molecule has 1 saturated carbocycles. The molecule has 1 unspecified atom stereocenters. The summed E-state index contributed by atoms with van der Waals surface area (Å²) in [5, 5.41) is 5.88. The maximum absolute atomic E-state index is 15.6. The number of hydrogen-bond acceptors (Lipinski definition) is 11. The molecule has 4 N–H and O–H groups in total. The Hall–Kier alpha value is -6.90. The van der Waals surface area contributed by atoms with Crippen LogP contribution < -0.4 is 15.4 Å². The predicted octanol–water partition coefficient (Wildman–Crippen LogP) is 4.28. The van der Waals surface area contributed by atoms with Crippen LogP contribution in [0.3, 0.4) is 0 Å². The Bertz CT molecular complexity index is 2950. The van der Waals surface area contributed by atoms with E-state index in [0.29, 0.717) is 67.8 Å². The number of hydrogen-bond donors (Lipinski definition) is 4. The zero-order valence-corrected chi connectivity index (χ0v) is 36.7. The Morgan fingerprint density at radius 1 is 0.924 bits per heavy atom. The van der Waals surface area contributed by atoms with Crippen molar-refractivity contribution >= 4 is 67.9 Å². The number of carbonyl (C=O) groups excluding carboxylic acids is 6. The quantitative estimate of drug-likeness (QED) is 0.0967. The number of fused-ring (bicyclic) bond motifs is 2. The van der Waals surface area contributed by atoms with E-state index < -0.39 is 68.5 Å². The topological polar surface area (TPSA) is 214 Å². The van der Waals surface area contributed by atoms with Gasteiger partial charge in [-0.1, -0.05) is 37.3 Å². The number of ketones is 1. The van der Waals surface area contributed by atoms with Crippen molar-refractivity contribution in [2.24, 2.45) is 5.92 Å². The summed E-state index contributed by atoms with van der Waals surface area (Å²) in [6, 6.07) is 15.0. The van der Waals surface area contributed by atoms with Crippen LogP contribution in [0.5, 0.6) is 0 Å². The Morgan fingerprint density at radius 3 is 2.38 bits per heavy atom. The fourth-order valence-electron chi connectivity index (χ4n) is 8.95. The van der Waals surface area contributed by atoms with E-state index in [1.807, 2.05) is 29.2 Å². The fourth-order valence-corrected chi connectivity index (χ4v) is 9.88. The van der Waals surface area contributed by atoms with Gasteiger partial charge in [0.05, 0.1) is 22.4 Å². The highest BCUT2D eigenvalue weighted by Gasteiger charge is 2.46. The number of halogens is 2. The van der Waals surface area contributed by atoms with Gasteiger partial charge in [0, 0.05) is 99.3 Å². The Labute approximate surface area is 377 Å². The largest absolute Gasteiger partial charge is 0.382 e. The molecular formula is C46H45F2N9O8S. The Balaban J connectivity index is 0.781. The number of anilines is 2. The van der Waals surface area contributed by atoms with Crippen LogP contribution in [0.4, 0.5) is 20.2 Å². The Kier molecular flexibility index (Phi) is 11.7. The smallest absolute Gasteiger partial charge is 0.301 e. The lowest BCUT2D eigenvalue weighted by Gasteiger charge is -2.41. The molecule has 5 amide bonds. The van der Waals surface area contributed by atoms with Crippen molar-refractivity contribution in [2.45, 2.75) is 51.2 Å². The molecule has 66 heavy (non-hydrogen) atoms. The van der Waals surface area contributed by atoms with E-state index >= 15 is 8.78 Å². The number of carbonyl (C=O) groups is 6. The minimum atomic E-state index is -4.15. The number of aromatic amines is 1. The molecule has 5 aromatic rings. The van der Waals surface area contributed by atoms with Gasteiger partial charge in [-0.2, -0.15) is 12.7 Å². The van der Waals surface area contributed by atoms with Crippen molar-refractivity contribution in [3.05, 3.63) is 113 Å². The number of rotatable bonds is 13. The van der Waals surface area contributed by atoms with E-state index in [0.717, 1.165) is 32.5 Å². The summed E-state index contributed by atoms with van der Waals surface area (Å²) in [5.74, 6) is -5.85. The second-order valence-corrected chi connectivity index (χ2v) is 18.7. The van der Waals surface area contributed by atoms with E-state index in [1.165, 1.54) is 13.2 Å². The van der Waals surface area contributed by atoms with Crippen LogP contribution in [0.15, 0.2) is 73.1 Å². The van der Waals surface area contributed by atoms with Crippen molar-refractivity contribution in [1.82, 2.24) is 34.3 Å². The zero-order chi connectivity index (χ0) is 46.6. The molecule has 2 aromatic heterocycles. The normalized spacial score (nSPS) is 20.1. The van der Waals surface area contributed by atoms with Gasteiger partial charge in [0.2, 0.25) is 23.5 Å². The second kappa shape index (κ2) is 17.5. The Morgan fingerprint density at radius 2 is 1.67 bits per heavy atom. The minimum Gasteiger partial charge on any atom is -0.382 e. The van der Waals surface area contributed by atoms with Gasteiger partial charge in [0.25, 0.3) is 11.8 Å². The lowest BCUT2D eigenvalue weighted by Crippen LogP contribution is -2.54. The van der Waals surface area contributed by atoms with E-state index in [4.69, 9.17) is 0 Å². The molecule has 0 bridgehead atoms. The monoisotopic (exact) mass is 921 g/mol. The summed E-state index contributed by atoms with van der Waals surface area (Å²) < 4.78 is 58.8. The molecule has 1 aliphatic carbocycles. The van der Waals surface area contributed by atoms with E-state index in [2.05, 4.69) is 30.2 Å². The summed E-state index contributed by atoms with van der Waals surface area (Å²) in [7, 11) is -2.86. The number of benzene rings is 3. The molecule has 3 fully saturated rings. The number of imide groups is 2. The molecule has 17 nitrogen and oxygen atoms in total. The number of nitrogens with one attached hydrogen (secondary N) is 4. The lowest BCUT2D eigenvalue weighted by atomic mass is 9.79. The highest BCUT2D eigenvalue weighted by atomic mass is 32.2. The summed E-state index contributed by atoms with van der Waals surface area (Å²) in [6.45, 7) is 4.82.